The van der Waals surface area contributed by atoms with E-state index in [0.717, 1.165) is 0 Å². The lowest BCUT2D eigenvalue weighted by Gasteiger charge is -2.44. The van der Waals surface area contributed by atoms with Gasteiger partial charge < -0.3 is 40.7 Å². The first-order valence-corrected chi connectivity index (χ1v) is 6.74. The van der Waals surface area contributed by atoms with Crippen molar-refractivity contribution >= 4 is 11.9 Å². The number of carbonyl (C=O) groups is 2. The number of hydrogen-bond donors (Lipinski definition) is 7. The molecular formula is C12H21NO9. The topological polar surface area (TPSA) is 177 Å². The van der Waals surface area contributed by atoms with E-state index in [9.17, 15) is 30.0 Å². The fraction of sp³-hybridized carbons (Fsp3) is 0.833. The van der Waals surface area contributed by atoms with Gasteiger partial charge in [0.15, 0.2) is 0 Å². The molecule has 1 aliphatic heterocycles. The molecule has 7 N–H and O–H groups in total. The minimum Gasteiger partial charge on any atom is -0.477 e. The summed E-state index contributed by atoms with van der Waals surface area (Å²) < 4.78 is 4.91. The molecule has 1 amide bonds. The highest BCUT2D eigenvalue weighted by atomic mass is 16.7. The number of rotatable bonds is 6. The van der Waals surface area contributed by atoms with Gasteiger partial charge in [-0.2, -0.15) is 0 Å². The van der Waals surface area contributed by atoms with E-state index in [0.29, 0.717) is 0 Å². The third-order valence-corrected chi connectivity index (χ3v) is 3.49. The number of amides is 1. The lowest BCUT2D eigenvalue weighted by Crippen LogP contribution is -2.67. The van der Waals surface area contributed by atoms with Gasteiger partial charge in [-0.15, -0.1) is 0 Å². The molecule has 10 heteroatoms. The van der Waals surface area contributed by atoms with Gasteiger partial charge in [0, 0.05) is 12.8 Å². The Labute approximate surface area is 125 Å². The number of nitrogens with one attached hydrogen (secondary N) is 1. The van der Waals surface area contributed by atoms with Gasteiger partial charge in [-0.1, -0.05) is 6.92 Å². The molecule has 0 radical (unpaired) electrons. The summed E-state index contributed by atoms with van der Waals surface area (Å²) in [7, 11) is 0. The van der Waals surface area contributed by atoms with Gasteiger partial charge in [-0.25, -0.2) is 4.79 Å². The molecule has 0 unspecified atom stereocenters. The summed E-state index contributed by atoms with van der Waals surface area (Å²) in [6.45, 7) is 0.671. The molecule has 128 valence electrons. The van der Waals surface area contributed by atoms with Crippen molar-refractivity contribution in [2.75, 3.05) is 6.61 Å². The van der Waals surface area contributed by atoms with Crippen molar-refractivity contribution in [3.05, 3.63) is 0 Å². The maximum absolute atomic E-state index is 11.5. The summed E-state index contributed by atoms with van der Waals surface area (Å²) in [5.41, 5.74) is 0. The first-order valence-electron chi connectivity index (χ1n) is 6.74. The molecule has 0 bridgehead atoms. The van der Waals surface area contributed by atoms with Crippen LogP contribution in [0.5, 0.6) is 0 Å². The largest absolute Gasteiger partial charge is 0.477 e. The molecule has 0 spiro atoms. The number of carboxylic acids is 1. The van der Waals surface area contributed by atoms with Crippen LogP contribution in [-0.2, 0) is 14.3 Å². The first-order chi connectivity index (χ1) is 10.2. The van der Waals surface area contributed by atoms with E-state index in [1.54, 1.807) is 0 Å². The summed E-state index contributed by atoms with van der Waals surface area (Å²) in [4.78, 5) is 22.5. The van der Waals surface area contributed by atoms with Crippen molar-refractivity contribution < 1.29 is 45.0 Å². The van der Waals surface area contributed by atoms with Crippen LogP contribution in [0.3, 0.4) is 0 Å². The van der Waals surface area contributed by atoms with Crippen molar-refractivity contribution in [1.82, 2.24) is 5.32 Å². The summed E-state index contributed by atoms with van der Waals surface area (Å²) >= 11 is 0. The van der Waals surface area contributed by atoms with Crippen LogP contribution in [-0.4, -0.2) is 85.4 Å². The number of aliphatic carboxylic acids is 1. The summed E-state index contributed by atoms with van der Waals surface area (Å²) in [5.74, 6) is -5.08. The Balaban J connectivity index is 3.07. The monoisotopic (exact) mass is 323 g/mol. The number of carbonyl (C=O) groups excluding carboxylic acids is 1. The first kappa shape index (κ1) is 18.7. The second kappa shape index (κ2) is 7.31. The van der Waals surface area contributed by atoms with Crippen LogP contribution in [0.2, 0.25) is 0 Å². The molecule has 1 fully saturated rings. The second-order valence-corrected chi connectivity index (χ2v) is 5.13. The van der Waals surface area contributed by atoms with Gasteiger partial charge >= 0.3 is 5.97 Å². The molecule has 0 aromatic carbocycles. The van der Waals surface area contributed by atoms with Gasteiger partial charge in [0.05, 0.1) is 18.8 Å². The summed E-state index contributed by atoms with van der Waals surface area (Å²) in [6, 6.07) is -1.26. The van der Waals surface area contributed by atoms with Crippen molar-refractivity contribution in [3.8, 4) is 0 Å². The van der Waals surface area contributed by atoms with Gasteiger partial charge in [-0.3, -0.25) is 4.79 Å². The van der Waals surface area contributed by atoms with Crippen LogP contribution < -0.4 is 5.32 Å². The van der Waals surface area contributed by atoms with Crippen LogP contribution in [0.15, 0.2) is 0 Å². The van der Waals surface area contributed by atoms with Crippen LogP contribution in [0, 0.1) is 0 Å². The lowest BCUT2D eigenvalue weighted by atomic mass is 9.88. The summed E-state index contributed by atoms with van der Waals surface area (Å²) in [5, 5.41) is 59.4. The number of ether oxygens (including phenoxy) is 1. The SMILES string of the molecule is CCC(=O)N[C@H]1[C@H]([C@H](O)[C@H](O)CO)O[C@](O)(C(=O)O)C[C@@H]1O. The van der Waals surface area contributed by atoms with Gasteiger partial charge in [0.25, 0.3) is 5.79 Å². The van der Waals surface area contributed by atoms with E-state index >= 15 is 0 Å². The quantitative estimate of drug-likeness (QED) is 0.261. The van der Waals surface area contributed by atoms with E-state index in [4.69, 9.17) is 14.9 Å². The molecule has 1 heterocycles. The fourth-order valence-corrected chi connectivity index (χ4v) is 2.19. The maximum Gasteiger partial charge on any atom is 0.364 e. The average Bonchev–Trinajstić information content (AvgIpc) is 2.47. The van der Waals surface area contributed by atoms with E-state index in [-0.39, 0.29) is 6.42 Å². The molecule has 10 nitrogen and oxygen atoms in total. The molecule has 0 aliphatic carbocycles. The van der Waals surface area contributed by atoms with Crippen LogP contribution in [0.1, 0.15) is 19.8 Å². The van der Waals surface area contributed by atoms with Crippen LogP contribution in [0.25, 0.3) is 0 Å². The van der Waals surface area contributed by atoms with Crippen molar-refractivity contribution in [1.29, 1.82) is 0 Å². The Bertz CT molecular complexity index is 417. The summed E-state index contributed by atoms with van der Waals surface area (Å²) in [6.07, 6.45) is -7.42. The highest BCUT2D eigenvalue weighted by molar-refractivity contribution is 5.77. The van der Waals surface area contributed by atoms with Crippen molar-refractivity contribution in [3.63, 3.8) is 0 Å². The normalized spacial score (nSPS) is 34.7. The standard InChI is InChI=1S/C12H21NO9/c1-2-7(17)13-8-5(15)3-12(21,11(19)20)22-10(8)9(18)6(16)4-14/h5-6,8-10,14-16,18,21H,2-4H2,1H3,(H,13,17)(H,19,20)/t5-,6+,8+,9+,10+,12-/m0/s1. The molecular weight excluding hydrogens is 302 g/mol. The second-order valence-electron chi connectivity index (χ2n) is 5.13. The predicted octanol–water partition coefficient (Wildman–Crippen LogP) is -3.48. The predicted molar refractivity (Wildman–Crippen MR) is 69.4 cm³/mol. The Kier molecular flexibility index (Phi) is 6.23. The zero-order chi connectivity index (χ0) is 17.1. The number of carboxylic acid groups (broad SMARTS) is 1. The molecule has 1 saturated heterocycles. The van der Waals surface area contributed by atoms with Crippen molar-refractivity contribution in [2.45, 2.75) is 56.0 Å². The highest BCUT2D eigenvalue weighted by Gasteiger charge is 2.53. The lowest BCUT2D eigenvalue weighted by molar-refractivity contribution is -0.295. The molecule has 6 atom stereocenters. The average molecular weight is 323 g/mol. The van der Waals surface area contributed by atoms with E-state index in [2.05, 4.69) is 5.32 Å². The van der Waals surface area contributed by atoms with Crippen LogP contribution >= 0.6 is 0 Å². The van der Waals surface area contributed by atoms with E-state index in [1.165, 1.54) is 6.92 Å². The van der Waals surface area contributed by atoms with Gasteiger partial charge in [0.1, 0.15) is 18.3 Å². The van der Waals surface area contributed by atoms with Crippen molar-refractivity contribution in [2.24, 2.45) is 0 Å². The minimum absolute atomic E-state index is 0.0534. The Morgan fingerprint density at radius 1 is 1.41 bits per heavy atom. The fourth-order valence-electron chi connectivity index (χ4n) is 2.19. The highest BCUT2D eigenvalue weighted by Crippen LogP contribution is 2.30. The number of aliphatic hydroxyl groups excluding tert-OH is 4. The zero-order valence-corrected chi connectivity index (χ0v) is 11.9. The third kappa shape index (κ3) is 3.91. The van der Waals surface area contributed by atoms with Crippen LogP contribution in [0.4, 0.5) is 0 Å². The number of aliphatic hydroxyl groups is 5. The van der Waals surface area contributed by atoms with Gasteiger partial charge in [-0.05, 0) is 0 Å². The van der Waals surface area contributed by atoms with E-state index < -0.39 is 61.1 Å². The molecule has 1 aliphatic rings. The Morgan fingerprint density at radius 2 is 2.00 bits per heavy atom. The number of hydrogen-bond acceptors (Lipinski definition) is 8. The minimum atomic E-state index is -2.78. The Hall–Kier alpha value is -1.30. The third-order valence-electron chi connectivity index (χ3n) is 3.49. The molecule has 0 aromatic rings. The molecule has 22 heavy (non-hydrogen) atoms. The Morgan fingerprint density at radius 3 is 2.45 bits per heavy atom. The maximum atomic E-state index is 11.5. The molecule has 1 rings (SSSR count). The smallest absolute Gasteiger partial charge is 0.364 e. The zero-order valence-electron chi connectivity index (χ0n) is 11.9. The molecule has 0 aromatic heterocycles. The van der Waals surface area contributed by atoms with Gasteiger partial charge in [0.2, 0.25) is 5.91 Å². The van der Waals surface area contributed by atoms with E-state index in [1.807, 2.05) is 0 Å². The molecule has 0 saturated carbocycles.